The molecule has 0 fully saturated rings. The zero-order valence-corrected chi connectivity index (χ0v) is 12.9. The quantitative estimate of drug-likeness (QED) is 0.760. The number of rotatable bonds is 2. The summed E-state index contributed by atoms with van der Waals surface area (Å²) in [4.78, 5) is 0. The highest BCUT2D eigenvalue weighted by molar-refractivity contribution is 5.63. The van der Waals surface area contributed by atoms with Crippen LogP contribution in [0.3, 0.4) is 0 Å². The van der Waals surface area contributed by atoms with Crippen LogP contribution in [0, 0.1) is 6.92 Å². The van der Waals surface area contributed by atoms with E-state index < -0.39 is 5.60 Å². The molecule has 0 bridgehead atoms. The summed E-state index contributed by atoms with van der Waals surface area (Å²) in [5, 5.41) is 9.00. The number of benzene rings is 2. The average molecular weight is 268 g/mol. The van der Waals surface area contributed by atoms with Gasteiger partial charge in [0.05, 0.1) is 5.60 Å². The van der Waals surface area contributed by atoms with Crippen molar-refractivity contribution in [3.8, 4) is 11.1 Å². The molecule has 0 heterocycles. The van der Waals surface area contributed by atoms with Crippen LogP contribution in [0.1, 0.15) is 26.3 Å². The largest absolute Gasteiger partial charge is 0.386 e. The van der Waals surface area contributed by atoms with Gasteiger partial charge in [-0.25, -0.2) is 0 Å². The second-order valence-corrected chi connectivity index (χ2v) is 5.57. The Balaban J connectivity index is 0.000000246. The molecule has 0 aliphatic heterocycles. The first-order chi connectivity index (χ1) is 9.30. The second kappa shape index (κ2) is 7.06. The van der Waals surface area contributed by atoms with Crippen LogP contribution in [-0.2, 0) is 0 Å². The van der Waals surface area contributed by atoms with Gasteiger partial charge in [-0.2, -0.15) is 0 Å². The third-order valence-electron chi connectivity index (χ3n) is 3.17. The second-order valence-electron chi connectivity index (χ2n) is 5.57. The topological polar surface area (TPSA) is 20.2 Å². The van der Waals surface area contributed by atoms with E-state index >= 15 is 0 Å². The SMILES string of the molecule is C=C(C)C(C)(C)O.Cc1cccc(-c2ccccc2)c1. The molecule has 0 aliphatic carbocycles. The van der Waals surface area contributed by atoms with Gasteiger partial charge in [-0.1, -0.05) is 66.7 Å². The molecular weight excluding hydrogens is 244 g/mol. The number of hydrogen-bond acceptors (Lipinski definition) is 1. The maximum absolute atomic E-state index is 9.00. The lowest BCUT2D eigenvalue weighted by Crippen LogP contribution is -2.18. The van der Waals surface area contributed by atoms with Gasteiger partial charge in [0.15, 0.2) is 0 Å². The summed E-state index contributed by atoms with van der Waals surface area (Å²) >= 11 is 0. The minimum atomic E-state index is -0.694. The van der Waals surface area contributed by atoms with Gasteiger partial charge in [0, 0.05) is 0 Å². The summed E-state index contributed by atoms with van der Waals surface area (Å²) < 4.78 is 0. The van der Waals surface area contributed by atoms with E-state index in [2.05, 4.69) is 62.0 Å². The standard InChI is InChI=1S/C13H12.C6H12O/c1-11-6-5-9-13(10-11)12-7-3-2-4-8-12;1-5(2)6(3,4)7/h2-10H,1H3;7H,1H2,2-4H3. The fraction of sp³-hybridized carbons (Fsp3) is 0.263. The lowest BCUT2D eigenvalue weighted by molar-refractivity contribution is 0.120. The molecule has 1 N–H and O–H groups in total. The Morgan fingerprint density at radius 1 is 0.950 bits per heavy atom. The molecule has 0 unspecified atom stereocenters. The van der Waals surface area contributed by atoms with E-state index in [4.69, 9.17) is 5.11 Å². The molecule has 1 nitrogen and oxygen atoms in total. The van der Waals surface area contributed by atoms with E-state index in [0.29, 0.717) is 0 Å². The van der Waals surface area contributed by atoms with Gasteiger partial charge in [-0.15, -0.1) is 0 Å². The molecule has 0 aliphatic rings. The van der Waals surface area contributed by atoms with Crippen molar-refractivity contribution in [1.29, 1.82) is 0 Å². The lowest BCUT2D eigenvalue weighted by Gasteiger charge is -2.15. The molecular formula is C19H24O. The van der Waals surface area contributed by atoms with E-state index in [1.54, 1.807) is 20.8 Å². The zero-order chi connectivity index (χ0) is 15.2. The summed E-state index contributed by atoms with van der Waals surface area (Å²) in [7, 11) is 0. The molecule has 0 spiro atoms. The van der Waals surface area contributed by atoms with Crippen molar-refractivity contribution >= 4 is 0 Å². The highest BCUT2D eigenvalue weighted by atomic mass is 16.3. The number of aryl methyl sites for hydroxylation is 1. The molecule has 2 rings (SSSR count). The van der Waals surface area contributed by atoms with E-state index in [1.807, 2.05) is 6.07 Å². The highest BCUT2D eigenvalue weighted by Crippen LogP contribution is 2.19. The third kappa shape index (κ3) is 5.41. The summed E-state index contributed by atoms with van der Waals surface area (Å²) in [5.74, 6) is 0. The fourth-order valence-corrected chi connectivity index (χ4v) is 1.46. The van der Waals surface area contributed by atoms with Gasteiger partial charge in [0.25, 0.3) is 0 Å². The molecule has 0 saturated heterocycles. The minimum Gasteiger partial charge on any atom is -0.386 e. The van der Waals surface area contributed by atoms with Gasteiger partial charge in [0.1, 0.15) is 0 Å². The predicted molar refractivity (Wildman–Crippen MR) is 87.7 cm³/mol. The Hall–Kier alpha value is -1.86. The van der Waals surface area contributed by atoms with Crippen LogP contribution in [0.2, 0.25) is 0 Å². The summed E-state index contributed by atoms with van der Waals surface area (Å²) in [6, 6.07) is 19.0. The van der Waals surface area contributed by atoms with Crippen molar-refractivity contribution in [2.45, 2.75) is 33.3 Å². The van der Waals surface area contributed by atoms with Crippen LogP contribution in [0.4, 0.5) is 0 Å². The van der Waals surface area contributed by atoms with E-state index in [1.165, 1.54) is 16.7 Å². The molecule has 0 amide bonds. The van der Waals surface area contributed by atoms with E-state index in [9.17, 15) is 0 Å². The van der Waals surface area contributed by atoms with Crippen LogP contribution < -0.4 is 0 Å². The van der Waals surface area contributed by atoms with Gasteiger partial charge in [-0.05, 0) is 44.4 Å². The van der Waals surface area contributed by atoms with Crippen molar-refractivity contribution in [1.82, 2.24) is 0 Å². The molecule has 0 atom stereocenters. The number of aliphatic hydroxyl groups is 1. The Morgan fingerprint density at radius 2 is 1.45 bits per heavy atom. The lowest BCUT2D eigenvalue weighted by atomic mass is 10.0. The highest BCUT2D eigenvalue weighted by Gasteiger charge is 2.11. The molecule has 106 valence electrons. The van der Waals surface area contributed by atoms with Crippen LogP contribution in [0.25, 0.3) is 11.1 Å². The summed E-state index contributed by atoms with van der Waals surface area (Å²) in [6.07, 6.45) is 0. The molecule has 0 saturated carbocycles. The van der Waals surface area contributed by atoms with Gasteiger partial charge in [-0.3, -0.25) is 0 Å². The van der Waals surface area contributed by atoms with Crippen molar-refractivity contribution in [2.24, 2.45) is 0 Å². The summed E-state index contributed by atoms with van der Waals surface area (Å²) in [5.41, 5.74) is 3.99. The Morgan fingerprint density at radius 3 is 1.90 bits per heavy atom. The van der Waals surface area contributed by atoms with Crippen molar-refractivity contribution in [3.63, 3.8) is 0 Å². The normalized spacial score (nSPS) is 10.4. The van der Waals surface area contributed by atoms with Crippen LogP contribution in [0.5, 0.6) is 0 Å². The number of hydrogen-bond donors (Lipinski definition) is 1. The molecule has 2 aromatic rings. The van der Waals surface area contributed by atoms with Gasteiger partial charge in [0.2, 0.25) is 0 Å². The maximum Gasteiger partial charge on any atom is 0.0795 e. The van der Waals surface area contributed by atoms with Crippen LogP contribution >= 0.6 is 0 Å². The van der Waals surface area contributed by atoms with E-state index in [0.717, 1.165) is 5.57 Å². The first-order valence-electron chi connectivity index (χ1n) is 6.81. The monoisotopic (exact) mass is 268 g/mol. The third-order valence-corrected chi connectivity index (χ3v) is 3.17. The Kier molecular flexibility index (Phi) is 5.72. The van der Waals surface area contributed by atoms with Gasteiger partial charge < -0.3 is 5.11 Å². The molecule has 20 heavy (non-hydrogen) atoms. The Labute approximate surface area is 122 Å². The molecule has 1 heteroatoms. The maximum atomic E-state index is 9.00. The van der Waals surface area contributed by atoms with Crippen LogP contribution in [-0.4, -0.2) is 10.7 Å². The van der Waals surface area contributed by atoms with E-state index in [-0.39, 0.29) is 0 Å². The fourth-order valence-electron chi connectivity index (χ4n) is 1.46. The molecule has 0 aromatic heterocycles. The first kappa shape index (κ1) is 16.2. The predicted octanol–water partition coefficient (Wildman–Crippen LogP) is 5.00. The smallest absolute Gasteiger partial charge is 0.0795 e. The Bertz CT molecular complexity index is 547. The van der Waals surface area contributed by atoms with Crippen molar-refractivity contribution in [3.05, 3.63) is 72.3 Å². The van der Waals surface area contributed by atoms with Crippen molar-refractivity contribution in [2.75, 3.05) is 0 Å². The van der Waals surface area contributed by atoms with Crippen LogP contribution in [0.15, 0.2) is 66.7 Å². The first-order valence-corrected chi connectivity index (χ1v) is 6.81. The molecule has 2 aromatic carbocycles. The van der Waals surface area contributed by atoms with Gasteiger partial charge >= 0.3 is 0 Å². The minimum absolute atomic E-state index is 0.694. The van der Waals surface area contributed by atoms with Crippen molar-refractivity contribution < 1.29 is 5.11 Å². The summed E-state index contributed by atoms with van der Waals surface area (Å²) in [6.45, 7) is 10.9. The zero-order valence-electron chi connectivity index (χ0n) is 12.9. The average Bonchev–Trinajstić information content (AvgIpc) is 2.39. The molecule has 0 radical (unpaired) electrons.